The lowest BCUT2D eigenvalue weighted by Crippen LogP contribution is -2.12. The summed E-state index contributed by atoms with van der Waals surface area (Å²) in [4.78, 5) is 12.0. The maximum absolute atomic E-state index is 12.0. The summed E-state index contributed by atoms with van der Waals surface area (Å²) < 4.78 is 6.52. The molecule has 2 nitrogen and oxygen atoms in total. The van der Waals surface area contributed by atoms with E-state index >= 15 is 0 Å². The monoisotopic (exact) mass is 338 g/mol. The lowest BCUT2D eigenvalue weighted by Gasteiger charge is -2.09. The molecule has 98 valence electrons. The summed E-state index contributed by atoms with van der Waals surface area (Å²) in [5.41, 5.74) is 1.54. The van der Waals surface area contributed by atoms with Gasteiger partial charge in [-0.2, -0.15) is 0 Å². The summed E-state index contributed by atoms with van der Waals surface area (Å²) in [5.74, 6) is 0.614. The molecular weight excluding hydrogens is 328 g/mol. The molecule has 2 aromatic rings. The first-order valence-electron chi connectivity index (χ1n) is 5.74. The van der Waals surface area contributed by atoms with Gasteiger partial charge in [-0.1, -0.05) is 39.7 Å². The average Bonchev–Trinajstić information content (AvgIpc) is 2.37. The molecule has 0 amide bonds. The summed E-state index contributed by atoms with van der Waals surface area (Å²) in [6.07, 6.45) is 0. The van der Waals surface area contributed by atoms with Crippen molar-refractivity contribution in [2.75, 3.05) is 6.61 Å². The first kappa shape index (κ1) is 14.1. The van der Waals surface area contributed by atoms with Crippen molar-refractivity contribution in [3.8, 4) is 5.75 Å². The van der Waals surface area contributed by atoms with Crippen LogP contribution in [0.4, 0.5) is 0 Å². The number of Topliss-reactive ketones (excluding diaryl/α,β-unsaturated/α-hetero) is 1. The van der Waals surface area contributed by atoms with Gasteiger partial charge in [0.15, 0.2) is 12.4 Å². The molecule has 2 aromatic carbocycles. The Morgan fingerprint density at radius 1 is 1.26 bits per heavy atom. The zero-order valence-corrected chi connectivity index (χ0v) is 12.7. The molecule has 0 heterocycles. The molecule has 0 radical (unpaired) electrons. The number of ether oxygens (including phenoxy) is 1. The number of ketones is 1. The average molecular weight is 340 g/mol. The maximum Gasteiger partial charge on any atom is 0.200 e. The number of benzene rings is 2. The van der Waals surface area contributed by atoms with E-state index < -0.39 is 0 Å². The largest absolute Gasteiger partial charge is 0.485 e. The number of rotatable bonds is 4. The summed E-state index contributed by atoms with van der Waals surface area (Å²) in [5, 5.41) is 0.547. The van der Waals surface area contributed by atoms with Crippen LogP contribution in [0.2, 0.25) is 5.02 Å². The molecule has 0 unspecified atom stereocenters. The predicted octanol–water partition coefficient (Wildman–Crippen LogP) is 4.67. The van der Waals surface area contributed by atoms with Crippen molar-refractivity contribution in [3.63, 3.8) is 0 Å². The van der Waals surface area contributed by atoms with Crippen molar-refractivity contribution in [2.24, 2.45) is 0 Å². The van der Waals surface area contributed by atoms with E-state index in [0.29, 0.717) is 16.3 Å². The predicted molar refractivity (Wildman–Crippen MR) is 80.2 cm³/mol. The van der Waals surface area contributed by atoms with Crippen molar-refractivity contribution in [2.45, 2.75) is 6.92 Å². The van der Waals surface area contributed by atoms with Crippen LogP contribution >= 0.6 is 27.5 Å². The molecule has 0 bridgehead atoms. The van der Waals surface area contributed by atoms with Crippen LogP contribution < -0.4 is 4.74 Å². The third-order valence-electron chi connectivity index (χ3n) is 2.64. The van der Waals surface area contributed by atoms with E-state index in [0.717, 1.165) is 10.0 Å². The summed E-state index contributed by atoms with van der Waals surface area (Å²) in [6, 6.07) is 12.5. The number of hydrogen-bond acceptors (Lipinski definition) is 2. The normalized spacial score (nSPS) is 10.3. The number of aryl methyl sites for hydroxylation is 1. The highest BCUT2D eigenvalue weighted by molar-refractivity contribution is 9.10. The van der Waals surface area contributed by atoms with Gasteiger partial charge in [0.05, 0.1) is 0 Å². The zero-order valence-electron chi connectivity index (χ0n) is 10.3. The van der Waals surface area contributed by atoms with Crippen molar-refractivity contribution < 1.29 is 9.53 Å². The molecule has 19 heavy (non-hydrogen) atoms. The Kier molecular flexibility index (Phi) is 4.61. The van der Waals surface area contributed by atoms with Gasteiger partial charge in [0.2, 0.25) is 0 Å². The van der Waals surface area contributed by atoms with E-state index in [1.807, 2.05) is 25.1 Å². The number of carbonyl (C=O) groups is 1. The van der Waals surface area contributed by atoms with Crippen LogP contribution in [0.25, 0.3) is 0 Å². The molecule has 0 spiro atoms. The fraction of sp³-hybridized carbons (Fsp3) is 0.133. The third kappa shape index (κ3) is 3.82. The van der Waals surface area contributed by atoms with Crippen LogP contribution in [-0.2, 0) is 0 Å². The quantitative estimate of drug-likeness (QED) is 0.757. The van der Waals surface area contributed by atoms with Gasteiger partial charge in [-0.05, 0) is 42.8 Å². The van der Waals surface area contributed by atoms with Gasteiger partial charge in [-0.3, -0.25) is 4.79 Å². The van der Waals surface area contributed by atoms with Gasteiger partial charge in [0, 0.05) is 15.1 Å². The van der Waals surface area contributed by atoms with E-state index in [9.17, 15) is 4.79 Å². The minimum Gasteiger partial charge on any atom is -0.485 e. The highest BCUT2D eigenvalue weighted by atomic mass is 79.9. The van der Waals surface area contributed by atoms with Crippen LogP contribution in [-0.4, -0.2) is 12.4 Å². The minimum absolute atomic E-state index is 0.00279. The second kappa shape index (κ2) is 6.22. The van der Waals surface area contributed by atoms with Crippen LogP contribution in [0.3, 0.4) is 0 Å². The second-order valence-electron chi connectivity index (χ2n) is 4.13. The van der Waals surface area contributed by atoms with E-state index in [2.05, 4.69) is 15.9 Å². The Labute approximate surface area is 125 Å². The molecule has 0 aliphatic carbocycles. The van der Waals surface area contributed by atoms with Gasteiger partial charge < -0.3 is 4.74 Å². The highest BCUT2D eigenvalue weighted by Gasteiger charge is 2.08. The maximum atomic E-state index is 12.0. The number of carbonyl (C=O) groups excluding carboxylic acids is 1. The fourth-order valence-corrected chi connectivity index (χ4v) is 2.33. The summed E-state index contributed by atoms with van der Waals surface area (Å²) >= 11 is 9.23. The Morgan fingerprint density at radius 2 is 2.05 bits per heavy atom. The molecular formula is C15H12BrClO2. The number of hydrogen-bond donors (Lipinski definition) is 0. The molecule has 0 atom stereocenters. The van der Waals surface area contributed by atoms with E-state index in [-0.39, 0.29) is 12.4 Å². The molecule has 0 N–H and O–H groups in total. The van der Waals surface area contributed by atoms with Crippen LogP contribution in [0.5, 0.6) is 5.75 Å². The molecule has 2 rings (SSSR count). The lowest BCUT2D eigenvalue weighted by molar-refractivity contribution is 0.0921. The van der Waals surface area contributed by atoms with Crippen molar-refractivity contribution >= 4 is 33.3 Å². The smallest absolute Gasteiger partial charge is 0.200 e. The molecule has 0 saturated carbocycles. The SMILES string of the molecule is Cc1cc(Br)ccc1OCC(=O)c1cccc(Cl)c1. The van der Waals surface area contributed by atoms with Crippen molar-refractivity contribution in [1.82, 2.24) is 0 Å². The Balaban J connectivity index is 2.04. The third-order valence-corrected chi connectivity index (χ3v) is 3.37. The Bertz CT molecular complexity index is 611. The molecule has 4 heteroatoms. The van der Waals surface area contributed by atoms with E-state index in [1.54, 1.807) is 24.3 Å². The van der Waals surface area contributed by atoms with Crippen LogP contribution in [0.15, 0.2) is 46.9 Å². The van der Waals surface area contributed by atoms with Gasteiger partial charge in [0.1, 0.15) is 5.75 Å². The second-order valence-corrected chi connectivity index (χ2v) is 5.48. The standard InChI is InChI=1S/C15H12BrClO2/c1-10-7-12(16)5-6-15(10)19-9-14(18)11-3-2-4-13(17)8-11/h2-8H,9H2,1H3. The molecule has 0 fully saturated rings. The van der Waals surface area contributed by atoms with E-state index in [1.165, 1.54) is 0 Å². The van der Waals surface area contributed by atoms with Gasteiger partial charge in [-0.15, -0.1) is 0 Å². The number of halogens is 2. The lowest BCUT2D eigenvalue weighted by atomic mass is 10.1. The first-order valence-corrected chi connectivity index (χ1v) is 6.91. The molecule has 0 saturated heterocycles. The van der Waals surface area contributed by atoms with Crippen molar-refractivity contribution in [3.05, 3.63) is 63.1 Å². The molecule has 0 aliphatic rings. The Hall–Kier alpha value is -1.32. The van der Waals surface area contributed by atoms with Crippen LogP contribution in [0.1, 0.15) is 15.9 Å². The van der Waals surface area contributed by atoms with Gasteiger partial charge >= 0.3 is 0 Å². The first-order chi connectivity index (χ1) is 9.06. The minimum atomic E-state index is -0.0928. The highest BCUT2D eigenvalue weighted by Crippen LogP contribution is 2.22. The van der Waals surface area contributed by atoms with E-state index in [4.69, 9.17) is 16.3 Å². The summed E-state index contributed by atoms with van der Waals surface area (Å²) in [7, 11) is 0. The van der Waals surface area contributed by atoms with Gasteiger partial charge in [0.25, 0.3) is 0 Å². The van der Waals surface area contributed by atoms with Crippen LogP contribution in [0, 0.1) is 6.92 Å². The van der Waals surface area contributed by atoms with Crippen molar-refractivity contribution in [1.29, 1.82) is 0 Å². The topological polar surface area (TPSA) is 26.3 Å². The summed E-state index contributed by atoms with van der Waals surface area (Å²) in [6.45, 7) is 1.94. The molecule has 0 aromatic heterocycles. The Morgan fingerprint density at radius 3 is 2.74 bits per heavy atom. The zero-order chi connectivity index (χ0) is 13.8. The van der Waals surface area contributed by atoms with Gasteiger partial charge in [-0.25, -0.2) is 0 Å². The molecule has 0 aliphatic heterocycles. The fourth-order valence-electron chi connectivity index (χ4n) is 1.66.